The number of ether oxygens (including phenoxy) is 11. The highest BCUT2D eigenvalue weighted by Crippen LogP contribution is 2.37. The van der Waals surface area contributed by atoms with Gasteiger partial charge in [-0.2, -0.15) is 0 Å². The summed E-state index contributed by atoms with van der Waals surface area (Å²) in [7, 11) is 0. The van der Waals surface area contributed by atoms with Crippen LogP contribution in [0.15, 0.2) is 212 Å². The van der Waals surface area contributed by atoms with Crippen LogP contribution in [0.25, 0.3) is 0 Å². The molecule has 0 bridgehead atoms. The SMILES string of the molecule is CC(=O)CO[C@@H]1O[C@H](COCc2ccccc2)[C@@H](O[C@@H]2O[C@H](COCc3ccccc3)[C@H](OCc3ccccc3)[C@H](OCc3ccccc3)[C@H]2OCc2ccccc2)[C@H](OCc2ccccc2)[C@H]1OCc1ccccc1. The van der Waals surface area contributed by atoms with Crippen LogP contribution >= 0.6 is 0 Å². The number of benzene rings is 7. The summed E-state index contributed by atoms with van der Waals surface area (Å²) >= 11 is 0. The summed E-state index contributed by atoms with van der Waals surface area (Å²) in [5.41, 5.74) is 6.71. The van der Waals surface area contributed by atoms with Crippen molar-refractivity contribution in [2.45, 2.75) is 115 Å². The number of rotatable bonds is 28. The van der Waals surface area contributed by atoms with E-state index in [1.165, 1.54) is 6.92 Å². The Morgan fingerprint density at radius 3 is 0.961 bits per heavy atom. The van der Waals surface area contributed by atoms with Gasteiger partial charge in [0.15, 0.2) is 18.4 Å². The number of Topliss-reactive ketones (excluding diaryl/α,β-unsaturated/α-hetero) is 1. The van der Waals surface area contributed by atoms with E-state index in [-0.39, 0.29) is 65.2 Å². The average molecular weight is 1030 g/mol. The Kier molecular flexibility index (Phi) is 21.1. The average Bonchev–Trinajstić information content (AvgIpc) is 3.47. The molecule has 12 nitrogen and oxygen atoms in total. The largest absolute Gasteiger partial charge is 0.374 e. The Labute approximate surface area is 446 Å². The second-order valence-electron chi connectivity index (χ2n) is 19.0. The maximum atomic E-state index is 12.7. The van der Waals surface area contributed by atoms with Crippen molar-refractivity contribution in [3.63, 3.8) is 0 Å². The van der Waals surface area contributed by atoms with Gasteiger partial charge in [0.1, 0.15) is 55.4 Å². The van der Waals surface area contributed by atoms with Crippen molar-refractivity contribution in [3.8, 4) is 0 Å². The molecule has 0 aliphatic carbocycles. The molecule has 76 heavy (non-hydrogen) atoms. The lowest BCUT2D eigenvalue weighted by Gasteiger charge is -2.50. The third-order valence-corrected chi connectivity index (χ3v) is 13.1. The van der Waals surface area contributed by atoms with Crippen molar-refractivity contribution < 1.29 is 56.9 Å². The Morgan fingerprint density at radius 2 is 0.605 bits per heavy atom. The van der Waals surface area contributed by atoms with Gasteiger partial charge in [-0.15, -0.1) is 0 Å². The fraction of sp³-hybridized carbons (Fsp3) is 0.328. The summed E-state index contributed by atoms with van der Waals surface area (Å²) < 4.78 is 76.3. The summed E-state index contributed by atoms with van der Waals surface area (Å²) in [6.07, 6.45) is -9.04. The van der Waals surface area contributed by atoms with Crippen molar-refractivity contribution in [1.82, 2.24) is 0 Å². The van der Waals surface area contributed by atoms with E-state index in [1.54, 1.807) is 0 Å². The Morgan fingerprint density at radius 1 is 0.329 bits per heavy atom. The van der Waals surface area contributed by atoms with Gasteiger partial charge in [-0.25, -0.2) is 0 Å². The number of carbonyl (C=O) groups is 1. The highest BCUT2D eigenvalue weighted by Gasteiger charge is 2.55. The molecule has 0 saturated carbocycles. The van der Waals surface area contributed by atoms with E-state index in [2.05, 4.69) is 0 Å². The van der Waals surface area contributed by atoms with Gasteiger partial charge in [0.05, 0.1) is 59.5 Å². The van der Waals surface area contributed by atoms with Gasteiger partial charge in [0, 0.05) is 0 Å². The first kappa shape index (κ1) is 54.6. The topological polar surface area (TPSA) is 119 Å². The lowest BCUT2D eigenvalue weighted by molar-refractivity contribution is -0.377. The molecule has 9 rings (SSSR count). The number of hydrogen-bond acceptors (Lipinski definition) is 12. The first-order chi connectivity index (χ1) is 37.5. The maximum absolute atomic E-state index is 12.7. The van der Waals surface area contributed by atoms with E-state index < -0.39 is 61.4 Å². The quantitative estimate of drug-likeness (QED) is 0.0465. The standard InChI is InChI=1S/C64H68O12/c1-47(65)37-73-63-61(71-43-53-33-19-7-20-34-53)60(70-42-52-31-17-6-18-32-52)58(56(74-63)46-67-39-49-25-11-3-12-26-49)76-64-62(72-44-54-35-21-8-22-36-54)59(69-41-51-29-15-5-16-30-51)57(68-40-50-27-13-4-14-28-50)55(75-64)45-66-38-48-23-9-2-10-24-48/h2-36,55-64H,37-46H2,1H3/t55-,56-,57+,58-,59+,60+,61-,62-,63-,64+/m1/s1. The van der Waals surface area contributed by atoms with Crippen LogP contribution in [0.2, 0.25) is 0 Å². The summed E-state index contributed by atoms with van der Waals surface area (Å²) in [6.45, 7) is 3.09. The fourth-order valence-electron chi connectivity index (χ4n) is 9.29. The molecule has 2 fully saturated rings. The van der Waals surface area contributed by atoms with Crippen LogP contribution in [0.1, 0.15) is 45.9 Å². The van der Waals surface area contributed by atoms with Crippen LogP contribution in [-0.4, -0.2) is 87.0 Å². The van der Waals surface area contributed by atoms with Crippen molar-refractivity contribution in [2.75, 3.05) is 19.8 Å². The molecule has 2 aliphatic heterocycles. The lowest BCUT2D eigenvalue weighted by atomic mass is 9.95. The second-order valence-corrected chi connectivity index (χ2v) is 19.0. The zero-order valence-electron chi connectivity index (χ0n) is 43.0. The molecule has 0 spiro atoms. The third kappa shape index (κ3) is 16.4. The van der Waals surface area contributed by atoms with Gasteiger partial charge in [-0.3, -0.25) is 4.79 Å². The molecule has 7 aromatic carbocycles. The lowest BCUT2D eigenvalue weighted by Crippen LogP contribution is -2.66. The zero-order chi connectivity index (χ0) is 52.0. The van der Waals surface area contributed by atoms with E-state index in [4.69, 9.17) is 52.1 Å². The maximum Gasteiger partial charge on any atom is 0.187 e. The smallest absolute Gasteiger partial charge is 0.187 e. The molecule has 0 radical (unpaired) electrons. The van der Waals surface area contributed by atoms with E-state index in [1.807, 2.05) is 212 Å². The van der Waals surface area contributed by atoms with Gasteiger partial charge in [-0.1, -0.05) is 212 Å². The molecule has 396 valence electrons. The van der Waals surface area contributed by atoms with Crippen molar-refractivity contribution in [3.05, 3.63) is 251 Å². The predicted molar refractivity (Wildman–Crippen MR) is 286 cm³/mol. The first-order valence-corrected chi connectivity index (χ1v) is 26.1. The molecule has 2 heterocycles. The van der Waals surface area contributed by atoms with Crippen LogP contribution in [0.4, 0.5) is 0 Å². The molecule has 0 N–H and O–H groups in total. The Bertz CT molecular complexity index is 2690. The molecule has 7 aromatic rings. The van der Waals surface area contributed by atoms with E-state index in [9.17, 15) is 4.79 Å². The molecular formula is C64H68O12. The highest BCUT2D eigenvalue weighted by molar-refractivity contribution is 5.76. The number of ketones is 1. The van der Waals surface area contributed by atoms with Gasteiger partial charge in [0.25, 0.3) is 0 Å². The fourth-order valence-corrected chi connectivity index (χ4v) is 9.29. The van der Waals surface area contributed by atoms with Crippen molar-refractivity contribution in [2.24, 2.45) is 0 Å². The van der Waals surface area contributed by atoms with Gasteiger partial charge >= 0.3 is 0 Å². The van der Waals surface area contributed by atoms with Crippen molar-refractivity contribution >= 4 is 5.78 Å². The number of hydrogen-bond donors (Lipinski definition) is 0. The monoisotopic (exact) mass is 1030 g/mol. The molecule has 0 aromatic heterocycles. The van der Waals surface area contributed by atoms with Crippen LogP contribution < -0.4 is 0 Å². The normalized spacial score (nSPS) is 23.5. The van der Waals surface area contributed by atoms with Crippen molar-refractivity contribution in [1.29, 1.82) is 0 Å². The van der Waals surface area contributed by atoms with E-state index >= 15 is 0 Å². The summed E-state index contributed by atoms with van der Waals surface area (Å²) in [5.74, 6) is -0.178. The summed E-state index contributed by atoms with van der Waals surface area (Å²) in [4.78, 5) is 12.7. The third-order valence-electron chi connectivity index (χ3n) is 13.1. The van der Waals surface area contributed by atoms with Crippen LogP contribution in [0.5, 0.6) is 0 Å². The molecule has 2 aliphatic rings. The van der Waals surface area contributed by atoms with Gasteiger partial charge in [-0.05, 0) is 45.9 Å². The molecule has 12 heteroatoms. The molecular weight excluding hydrogens is 961 g/mol. The van der Waals surface area contributed by atoms with Crippen LogP contribution in [-0.2, 0) is 103 Å². The van der Waals surface area contributed by atoms with E-state index in [0.29, 0.717) is 6.61 Å². The minimum absolute atomic E-state index is 0.0404. The first-order valence-electron chi connectivity index (χ1n) is 26.1. The van der Waals surface area contributed by atoms with Crippen LogP contribution in [0, 0.1) is 0 Å². The van der Waals surface area contributed by atoms with E-state index in [0.717, 1.165) is 38.9 Å². The summed E-state index contributed by atoms with van der Waals surface area (Å²) in [6, 6.07) is 69.7. The number of carbonyl (C=O) groups excluding carboxylic acids is 1. The minimum atomic E-state index is -1.15. The molecule has 10 atom stereocenters. The highest BCUT2D eigenvalue weighted by atomic mass is 16.8. The van der Waals surface area contributed by atoms with Gasteiger partial charge in [0.2, 0.25) is 0 Å². The summed E-state index contributed by atoms with van der Waals surface area (Å²) in [5, 5.41) is 0. The Balaban J connectivity index is 1.12. The predicted octanol–water partition coefficient (Wildman–Crippen LogP) is 10.8. The second kappa shape index (κ2) is 29.3. The molecule has 0 unspecified atom stereocenters. The zero-order valence-corrected chi connectivity index (χ0v) is 43.0. The van der Waals surface area contributed by atoms with Crippen LogP contribution in [0.3, 0.4) is 0 Å². The van der Waals surface area contributed by atoms with Gasteiger partial charge < -0.3 is 52.1 Å². The minimum Gasteiger partial charge on any atom is -0.374 e. The molecule has 2 saturated heterocycles. The molecule has 0 amide bonds. The Hall–Kier alpha value is -6.23.